The van der Waals surface area contributed by atoms with Crippen molar-refractivity contribution in [1.29, 1.82) is 0 Å². The maximum absolute atomic E-state index is 12.8. The molecule has 0 aromatic heterocycles. The highest BCUT2D eigenvalue weighted by atomic mass is 16.5. The normalized spacial score (nSPS) is 10.2. The van der Waals surface area contributed by atoms with E-state index in [0.717, 1.165) is 11.3 Å². The minimum Gasteiger partial charge on any atom is -0.493 e. The van der Waals surface area contributed by atoms with E-state index in [1.165, 1.54) is 0 Å². The van der Waals surface area contributed by atoms with Crippen LogP contribution in [0.1, 0.15) is 5.56 Å². The van der Waals surface area contributed by atoms with Crippen LogP contribution in [-0.4, -0.2) is 26.3 Å². The highest BCUT2D eigenvalue weighted by Gasteiger charge is 2.15. The summed E-state index contributed by atoms with van der Waals surface area (Å²) in [7, 11) is 1.60. The van der Waals surface area contributed by atoms with Crippen LogP contribution in [0.5, 0.6) is 11.5 Å². The van der Waals surface area contributed by atoms with E-state index in [9.17, 15) is 4.79 Å². The lowest BCUT2D eigenvalue weighted by Crippen LogP contribution is -2.41. The fourth-order valence-electron chi connectivity index (χ4n) is 2.81. The van der Waals surface area contributed by atoms with Crippen LogP contribution in [0.2, 0.25) is 0 Å². The third kappa shape index (κ3) is 5.27. The fraction of sp³-hybridized carbons (Fsp3) is 0.174. The molecule has 0 atom stereocenters. The largest absolute Gasteiger partial charge is 0.493 e. The number of hydrogen-bond donors (Lipinski definition) is 1. The van der Waals surface area contributed by atoms with Gasteiger partial charge in [0.2, 0.25) is 0 Å². The molecule has 1 N–H and O–H groups in total. The number of hydrogen-bond acceptors (Lipinski definition) is 3. The van der Waals surface area contributed by atoms with Gasteiger partial charge in [-0.25, -0.2) is 4.79 Å². The van der Waals surface area contributed by atoms with Crippen LogP contribution >= 0.6 is 0 Å². The summed E-state index contributed by atoms with van der Waals surface area (Å²) in [5.41, 5.74) is 1.90. The molecule has 0 saturated carbocycles. The van der Waals surface area contributed by atoms with Gasteiger partial charge in [-0.3, -0.25) is 4.90 Å². The van der Waals surface area contributed by atoms with Crippen molar-refractivity contribution < 1.29 is 14.3 Å². The lowest BCUT2D eigenvalue weighted by atomic mass is 10.2. The zero-order valence-electron chi connectivity index (χ0n) is 15.9. The van der Waals surface area contributed by atoms with Crippen molar-refractivity contribution in [3.05, 3.63) is 90.5 Å². The van der Waals surface area contributed by atoms with Gasteiger partial charge in [-0.2, -0.15) is 0 Å². The molecule has 0 spiro atoms. The second-order valence-corrected chi connectivity index (χ2v) is 6.14. The Morgan fingerprint density at radius 3 is 2.14 bits per heavy atom. The lowest BCUT2D eigenvalue weighted by Gasteiger charge is -2.23. The number of carbonyl (C=O) groups is 1. The van der Waals surface area contributed by atoms with Crippen LogP contribution in [0.15, 0.2) is 84.9 Å². The smallest absolute Gasteiger partial charge is 0.322 e. The third-order valence-electron chi connectivity index (χ3n) is 4.20. The minimum absolute atomic E-state index is 0.168. The molecule has 0 fully saturated rings. The second-order valence-electron chi connectivity index (χ2n) is 6.14. The Bertz CT molecular complexity index is 869. The zero-order valence-corrected chi connectivity index (χ0v) is 15.9. The van der Waals surface area contributed by atoms with Crippen molar-refractivity contribution in [3.8, 4) is 11.5 Å². The average Bonchev–Trinajstić information content (AvgIpc) is 2.76. The Labute approximate surface area is 165 Å². The Morgan fingerprint density at radius 2 is 1.46 bits per heavy atom. The summed E-state index contributed by atoms with van der Waals surface area (Å²) in [6.45, 7) is 1.22. The van der Waals surface area contributed by atoms with Gasteiger partial charge >= 0.3 is 6.03 Å². The summed E-state index contributed by atoms with van der Waals surface area (Å²) in [5.74, 6) is 1.33. The summed E-state index contributed by atoms with van der Waals surface area (Å²) in [6.07, 6.45) is 0. The fourth-order valence-corrected chi connectivity index (χ4v) is 2.81. The molecule has 2 amide bonds. The minimum atomic E-state index is -0.168. The standard InChI is InChI=1S/C23H24N2O3/c1-27-21-14-8-9-15-22(21)28-17-16-24-23(26)25(20-12-6-3-7-13-20)18-19-10-4-2-5-11-19/h2-15H,16-18H2,1H3,(H,24,26). The number of nitrogens with zero attached hydrogens (tertiary/aromatic N) is 1. The average molecular weight is 376 g/mol. The SMILES string of the molecule is COc1ccccc1OCCNC(=O)N(Cc1ccccc1)c1ccccc1. The quantitative estimate of drug-likeness (QED) is 0.589. The van der Waals surface area contributed by atoms with Gasteiger partial charge in [0.1, 0.15) is 6.61 Å². The van der Waals surface area contributed by atoms with Crippen molar-refractivity contribution in [2.24, 2.45) is 0 Å². The lowest BCUT2D eigenvalue weighted by molar-refractivity contribution is 0.240. The predicted octanol–water partition coefficient (Wildman–Crippen LogP) is 4.49. The summed E-state index contributed by atoms with van der Waals surface area (Å²) in [6, 6.07) is 26.8. The molecule has 0 aliphatic heterocycles. The Morgan fingerprint density at radius 1 is 0.857 bits per heavy atom. The molecule has 3 aromatic rings. The first kappa shape index (κ1) is 19.3. The number of rotatable bonds is 8. The molecule has 0 bridgehead atoms. The molecule has 3 rings (SSSR count). The van der Waals surface area contributed by atoms with Crippen LogP contribution in [0.3, 0.4) is 0 Å². The van der Waals surface area contributed by atoms with Crippen LogP contribution in [0.4, 0.5) is 10.5 Å². The molecule has 0 saturated heterocycles. The second kappa shape index (κ2) is 10.0. The van der Waals surface area contributed by atoms with Crippen molar-refractivity contribution in [2.45, 2.75) is 6.54 Å². The molecule has 0 aliphatic rings. The maximum Gasteiger partial charge on any atom is 0.322 e. The Kier molecular flexibility index (Phi) is 6.90. The maximum atomic E-state index is 12.8. The molecule has 0 aliphatic carbocycles. The molecular weight excluding hydrogens is 352 g/mol. The number of urea groups is 1. The molecule has 5 heteroatoms. The van der Waals surface area contributed by atoms with E-state index >= 15 is 0 Å². The van der Waals surface area contributed by atoms with Crippen LogP contribution in [0, 0.1) is 0 Å². The first-order valence-corrected chi connectivity index (χ1v) is 9.18. The first-order chi connectivity index (χ1) is 13.8. The predicted molar refractivity (Wildman–Crippen MR) is 111 cm³/mol. The van der Waals surface area contributed by atoms with Gasteiger partial charge in [0.15, 0.2) is 11.5 Å². The van der Waals surface area contributed by atoms with Gasteiger partial charge < -0.3 is 14.8 Å². The van der Waals surface area contributed by atoms with E-state index < -0.39 is 0 Å². The molecule has 5 nitrogen and oxygen atoms in total. The van der Waals surface area contributed by atoms with E-state index in [4.69, 9.17) is 9.47 Å². The van der Waals surface area contributed by atoms with E-state index in [2.05, 4.69) is 5.32 Å². The molecular formula is C23H24N2O3. The van der Waals surface area contributed by atoms with Crippen LogP contribution < -0.4 is 19.7 Å². The van der Waals surface area contributed by atoms with Crippen LogP contribution in [-0.2, 0) is 6.54 Å². The Hall–Kier alpha value is -3.47. The number of amides is 2. The number of methoxy groups -OCH3 is 1. The van der Waals surface area contributed by atoms with Crippen molar-refractivity contribution >= 4 is 11.7 Å². The van der Waals surface area contributed by atoms with E-state index in [0.29, 0.717) is 31.2 Å². The van der Waals surface area contributed by atoms with E-state index in [-0.39, 0.29) is 6.03 Å². The number of nitrogens with one attached hydrogen (secondary N) is 1. The van der Waals surface area contributed by atoms with Gasteiger partial charge in [-0.1, -0.05) is 60.7 Å². The number of anilines is 1. The van der Waals surface area contributed by atoms with Crippen molar-refractivity contribution in [3.63, 3.8) is 0 Å². The highest BCUT2D eigenvalue weighted by Crippen LogP contribution is 2.25. The first-order valence-electron chi connectivity index (χ1n) is 9.18. The summed E-state index contributed by atoms with van der Waals surface area (Å²) in [4.78, 5) is 14.5. The van der Waals surface area contributed by atoms with Gasteiger partial charge in [0.25, 0.3) is 0 Å². The molecule has 0 unspecified atom stereocenters. The zero-order chi connectivity index (χ0) is 19.6. The molecule has 28 heavy (non-hydrogen) atoms. The van der Waals surface area contributed by atoms with Crippen molar-refractivity contribution in [2.75, 3.05) is 25.2 Å². The third-order valence-corrected chi connectivity index (χ3v) is 4.20. The van der Waals surface area contributed by atoms with E-state index in [1.807, 2.05) is 84.9 Å². The topological polar surface area (TPSA) is 50.8 Å². The number of benzene rings is 3. The molecule has 0 heterocycles. The van der Waals surface area contributed by atoms with Crippen molar-refractivity contribution in [1.82, 2.24) is 5.32 Å². The monoisotopic (exact) mass is 376 g/mol. The summed E-state index contributed by atoms with van der Waals surface area (Å²) in [5, 5.41) is 2.93. The van der Waals surface area contributed by atoms with Gasteiger partial charge in [0, 0.05) is 5.69 Å². The number of ether oxygens (including phenoxy) is 2. The molecule has 144 valence electrons. The van der Waals surface area contributed by atoms with Crippen LogP contribution in [0.25, 0.3) is 0 Å². The molecule has 0 radical (unpaired) electrons. The van der Waals surface area contributed by atoms with Gasteiger partial charge in [-0.15, -0.1) is 0 Å². The number of carbonyl (C=O) groups excluding carboxylic acids is 1. The van der Waals surface area contributed by atoms with E-state index in [1.54, 1.807) is 12.0 Å². The summed E-state index contributed by atoms with van der Waals surface area (Å²) < 4.78 is 11.0. The Balaban J connectivity index is 1.60. The highest BCUT2D eigenvalue weighted by molar-refractivity contribution is 5.91. The van der Waals surface area contributed by atoms with Gasteiger partial charge in [-0.05, 0) is 29.8 Å². The molecule has 3 aromatic carbocycles. The summed E-state index contributed by atoms with van der Waals surface area (Å²) >= 11 is 0. The number of para-hydroxylation sites is 3. The van der Waals surface area contributed by atoms with Gasteiger partial charge in [0.05, 0.1) is 20.2 Å².